The Morgan fingerprint density at radius 3 is 2.64 bits per heavy atom. The zero-order chi connectivity index (χ0) is 18.1. The second-order valence-electron chi connectivity index (χ2n) is 5.17. The Kier molecular flexibility index (Phi) is 7.47. The van der Waals surface area contributed by atoms with E-state index in [1.807, 2.05) is 0 Å². The van der Waals surface area contributed by atoms with Crippen LogP contribution in [0.1, 0.15) is 12.0 Å². The topological polar surface area (TPSA) is 38.3 Å². The summed E-state index contributed by atoms with van der Waals surface area (Å²) in [6, 6.07) is 10.8. The van der Waals surface area contributed by atoms with E-state index in [9.17, 15) is 13.6 Å². The second-order valence-corrected chi connectivity index (χ2v) is 6.34. The molecule has 2 rings (SSSR count). The number of methoxy groups -OCH3 is 1. The number of carbonyl (C=O) groups is 1. The van der Waals surface area contributed by atoms with E-state index in [-0.39, 0.29) is 17.5 Å². The van der Waals surface area contributed by atoms with Crippen LogP contribution in [0.4, 0.5) is 8.78 Å². The van der Waals surface area contributed by atoms with Gasteiger partial charge in [-0.15, -0.1) is 11.8 Å². The predicted octanol–water partition coefficient (Wildman–Crippen LogP) is 4.29. The third kappa shape index (κ3) is 6.58. The van der Waals surface area contributed by atoms with Crippen LogP contribution in [-0.4, -0.2) is 25.3 Å². The third-order valence-corrected chi connectivity index (χ3v) is 4.40. The summed E-state index contributed by atoms with van der Waals surface area (Å²) in [6.07, 6.45) is 3.71. The monoisotopic (exact) mass is 363 g/mol. The largest absolute Gasteiger partial charge is 0.494 e. The molecule has 2 aromatic carbocycles. The van der Waals surface area contributed by atoms with Gasteiger partial charge < -0.3 is 10.1 Å². The molecule has 0 bridgehead atoms. The number of rotatable bonds is 8. The standard InChI is InChI=1S/C19H19F2NO2S/c1-24-18-9-3-14(13-17(18)21)4-10-19(23)22-11-2-12-25-16-7-5-15(20)6-8-16/h3-10,13H,2,11-12H2,1H3,(H,22,23)/b10-4+. The summed E-state index contributed by atoms with van der Waals surface area (Å²) < 4.78 is 31.2. The molecule has 0 aliphatic carbocycles. The quantitative estimate of drug-likeness (QED) is 0.432. The highest BCUT2D eigenvalue weighted by Crippen LogP contribution is 2.19. The van der Waals surface area contributed by atoms with Crippen LogP contribution in [-0.2, 0) is 4.79 Å². The van der Waals surface area contributed by atoms with E-state index in [2.05, 4.69) is 5.32 Å². The van der Waals surface area contributed by atoms with Crippen molar-refractivity contribution in [3.8, 4) is 5.75 Å². The van der Waals surface area contributed by atoms with Gasteiger partial charge in [0.05, 0.1) is 7.11 Å². The average molecular weight is 363 g/mol. The van der Waals surface area contributed by atoms with E-state index in [0.717, 1.165) is 17.1 Å². The fourth-order valence-corrected chi connectivity index (χ4v) is 2.87. The highest BCUT2D eigenvalue weighted by molar-refractivity contribution is 7.99. The molecule has 0 aromatic heterocycles. The van der Waals surface area contributed by atoms with Gasteiger partial charge in [-0.05, 0) is 60.2 Å². The van der Waals surface area contributed by atoms with Crippen molar-refractivity contribution in [2.75, 3.05) is 19.4 Å². The summed E-state index contributed by atoms with van der Waals surface area (Å²) >= 11 is 1.61. The Morgan fingerprint density at radius 1 is 1.20 bits per heavy atom. The number of carbonyl (C=O) groups excluding carboxylic acids is 1. The Labute approximate surface area is 150 Å². The Bertz CT molecular complexity index is 733. The van der Waals surface area contributed by atoms with Gasteiger partial charge in [0.15, 0.2) is 11.6 Å². The van der Waals surface area contributed by atoms with Crippen molar-refractivity contribution in [3.05, 3.63) is 65.7 Å². The summed E-state index contributed by atoms with van der Waals surface area (Å²) in [5, 5.41) is 2.77. The highest BCUT2D eigenvalue weighted by Gasteiger charge is 2.02. The molecule has 0 fully saturated rings. The maximum Gasteiger partial charge on any atom is 0.243 e. The molecule has 0 aliphatic rings. The molecule has 0 spiro atoms. The van der Waals surface area contributed by atoms with Gasteiger partial charge in [0, 0.05) is 17.5 Å². The number of nitrogens with one attached hydrogen (secondary N) is 1. The lowest BCUT2D eigenvalue weighted by Gasteiger charge is -2.04. The number of amides is 1. The van der Waals surface area contributed by atoms with Gasteiger partial charge in [-0.2, -0.15) is 0 Å². The number of ether oxygens (including phenoxy) is 1. The number of halogens is 2. The van der Waals surface area contributed by atoms with Gasteiger partial charge in [0.25, 0.3) is 0 Å². The van der Waals surface area contributed by atoms with Crippen molar-refractivity contribution in [1.29, 1.82) is 0 Å². The molecule has 6 heteroatoms. The van der Waals surface area contributed by atoms with Gasteiger partial charge in [-0.1, -0.05) is 6.07 Å². The molecule has 0 aliphatic heterocycles. The fourth-order valence-electron chi connectivity index (χ4n) is 2.02. The Hall–Kier alpha value is -2.34. The number of thioether (sulfide) groups is 1. The van der Waals surface area contributed by atoms with Gasteiger partial charge in [-0.25, -0.2) is 8.78 Å². The SMILES string of the molecule is COc1ccc(/C=C/C(=O)NCCCSc2ccc(F)cc2)cc1F. The molecule has 0 heterocycles. The number of hydrogen-bond acceptors (Lipinski definition) is 3. The summed E-state index contributed by atoms with van der Waals surface area (Å²) in [7, 11) is 1.40. The van der Waals surface area contributed by atoms with E-state index in [1.54, 1.807) is 36.0 Å². The minimum atomic E-state index is -0.470. The van der Waals surface area contributed by atoms with Gasteiger partial charge in [0.2, 0.25) is 5.91 Å². The lowest BCUT2D eigenvalue weighted by Crippen LogP contribution is -2.22. The van der Waals surface area contributed by atoms with Gasteiger partial charge >= 0.3 is 0 Å². The summed E-state index contributed by atoms with van der Waals surface area (Å²) in [6.45, 7) is 0.536. The van der Waals surface area contributed by atoms with Gasteiger partial charge in [0.1, 0.15) is 5.82 Å². The maximum absolute atomic E-state index is 13.5. The normalized spacial score (nSPS) is 10.8. The number of hydrogen-bond donors (Lipinski definition) is 1. The second kappa shape index (κ2) is 9.84. The zero-order valence-electron chi connectivity index (χ0n) is 13.8. The molecule has 2 aromatic rings. The van der Waals surface area contributed by atoms with Crippen molar-refractivity contribution in [1.82, 2.24) is 5.32 Å². The molecular formula is C19H19F2NO2S. The molecule has 0 unspecified atom stereocenters. The minimum Gasteiger partial charge on any atom is -0.494 e. The maximum atomic E-state index is 13.5. The van der Waals surface area contributed by atoms with Crippen molar-refractivity contribution in [2.24, 2.45) is 0 Å². The first-order valence-electron chi connectivity index (χ1n) is 7.76. The minimum absolute atomic E-state index is 0.167. The van der Waals surface area contributed by atoms with Crippen LogP contribution >= 0.6 is 11.8 Å². The zero-order valence-corrected chi connectivity index (χ0v) is 14.6. The molecule has 25 heavy (non-hydrogen) atoms. The van der Waals surface area contributed by atoms with E-state index in [0.29, 0.717) is 12.1 Å². The van der Waals surface area contributed by atoms with Crippen LogP contribution in [0, 0.1) is 11.6 Å². The van der Waals surface area contributed by atoms with Crippen molar-refractivity contribution in [3.63, 3.8) is 0 Å². The Balaban J connectivity index is 1.68. The molecule has 0 atom stereocenters. The van der Waals surface area contributed by atoms with Crippen LogP contribution < -0.4 is 10.1 Å². The molecule has 3 nitrogen and oxygen atoms in total. The van der Waals surface area contributed by atoms with Crippen LogP contribution in [0.25, 0.3) is 6.08 Å². The van der Waals surface area contributed by atoms with Crippen molar-refractivity contribution in [2.45, 2.75) is 11.3 Å². The third-order valence-electron chi connectivity index (χ3n) is 3.31. The van der Waals surface area contributed by atoms with E-state index in [1.165, 1.54) is 37.5 Å². The summed E-state index contributed by atoms with van der Waals surface area (Å²) in [5.74, 6) is 0.0329. The fraction of sp³-hybridized carbons (Fsp3) is 0.211. The van der Waals surface area contributed by atoms with Crippen molar-refractivity contribution < 1.29 is 18.3 Å². The first-order valence-corrected chi connectivity index (χ1v) is 8.75. The lowest BCUT2D eigenvalue weighted by molar-refractivity contribution is -0.116. The van der Waals surface area contributed by atoms with Crippen LogP contribution in [0.5, 0.6) is 5.75 Å². The molecule has 1 N–H and O–H groups in total. The Morgan fingerprint density at radius 2 is 1.96 bits per heavy atom. The molecule has 0 saturated heterocycles. The molecular weight excluding hydrogens is 344 g/mol. The van der Waals surface area contributed by atoms with E-state index >= 15 is 0 Å². The van der Waals surface area contributed by atoms with E-state index in [4.69, 9.17) is 4.74 Å². The average Bonchev–Trinajstić information content (AvgIpc) is 2.61. The molecule has 0 saturated carbocycles. The number of benzene rings is 2. The molecule has 1 amide bonds. The first kappa shape index (κ1) is 19.0. The van der Waals surface area contributed by atoms with Crippen LogP contribution in [0.3, 0.4) is 0 Å². The highest BCUT2D eigenvalue weighted by atomic mass is 32.2. The summed E-state index contributed by atoms with van der Waals surface area (Å²) in [5.41, 5.74) is 0.584. The van der Waals surface area contributed by atoms with Crippen LogP contribution in [0.15, 0.2) is 53.4 Å². The predicted molar refractivity (Wildman–Crippen MR) is 96.7 cm³/mol. The smallest absolute Gasteiger partial charge is 0.243 e. The summed E-state index contributed by atoms with van der Waals surface area (Å²) in [4.78, 5) is 12.7. The van der Waals surface area contributed by atoms with Crippen LogP contribution in [0.2, 0.25) is 0 Å². The first-order chi connectivity index (χ1) is 12.1. The van der Waals surface area contributed by atoms with Crippen molar-refractivity contribution >= 4 is 23.7 Å². The van der Waals surface area contributed by atoms with Gasteiger partial charge in [-0.3, -0.25) is 4.79 Å². The van der Waals surface area contributed by atoms with E-state index < -0.39 is 5.82 Å². The molecule has 0 radical (unpaired) electrons. The lowest BCUT2D eigenvalue weighted by atomic mass is 10.2. The molecule has 132 valence electrons.